The van der Waals surface area contributed by atoms with E-state index in [1.165, 1.54) is 0 Å². The van der Waals surface area contributed by atoms with Crippen molar-refractivity contribution >= 4 is 0 Å². The minimum Gasteiger partial charge on any atom is -1.00 e. The molecule has 0 radical (unpaired) electrons. The van der Waals surface area contributed by atoms with Gasteiger partial charge in [-0.05, 0) is 0 Å². The Hall–Kier alpha value is 1.40. The molecular formula is H4BrNaO2. The molecule has 0 amide bonds. The Bertz CT molecular complexity index is 6.00. The minimum absolute atomic E-state index is 0. The molecule has 0 aliphatic heterocycles. The molecule has 2 nitrogen and oxygen atoms in total. The predicted molar refractivity (Wildman–Crippen MR) is 7.23 cm³/mol. The van der Waals surface area contributed by atoms with Crippen LogP contribution in [-0.2, 0) is 0 Å². The van der Waals surface area contributed by atoms with E-state index in [9.17, 15) is 0 Å². The van der Waals surface area contributed by atoms with Crippen LogP contribution in [0.15, 0.2) is 0 Å². The van der Waals surface area contributed by atoms with E-state index >= 15 is 0 Å². The second-order valence-corrected chi connectivity index (χ2v) is 0. The second kappa shape index (κ2) is 26.0. The minimum atomic E-state index is 0. The van der Waals surface area contributed by atoms with Crippen LogP contribution in [0.2, 0.25) is 0 Å². The standard InChI is InChI=1S/BrH.Na.2H2O/h1H;;2*1H2/q;+1;;/p-1. The SMILES string of the molecule is O.O.[Br-].[Na+]. The van der Waals surface area contributed by atoms with Gasteiger partial charge in [0.15, 0.2) is 0 Å². The van der Waals surface area contributed by atoms with Crippen molar-refractivity contribution in [1.29, 1.82) is 0 Å². The van der Waals surface area contributed by atoms with E-state index in [0.29, 0.717) is 0 Å². The maximum atomic E-state index is 0. The molecule has 0 atom stereocenters. The first-order valence-corrected chi connectivity index (χ1v) is 0. The van der Waals surface area contributed by atoms with E-state index in [-0.39, 0.29) is 57.5 Å². The van der Waals surface area contributed by atoms with E-state index in [0.717, 1.165) is 0 Å². The molecule has 0 unspecified atom stereocenters. The quantitative estimate of drug-likeness (QED) is 0.299. The van der Waals surface area contributed by atoms with Crippen LogP contribution in [0.1, 0.15) is 0 Å². The van der Waals surface area contributed by atoms with Gasteiger partial charge in [-0.3, -0.25) is 0 Å². The summed E-state index contributed by atoms with van der Waals surface area (Å²) < 4.78 is 0. The molecule has 4 N–H and O–H groups in total. The van der Waals surface area contributed by atoms with Crippen LogP contribution in [-0.4, -0.2) is 11.0 Å². The molecule has 0 rings (SSSR count). The van der Waals surface area contributed by atoms with Crippen molar-refractivity contribution < 1.29 is 57.5 Å². The van der Waals surface area contributed by atoms with Gasteiger partial charge in [0.25, 0.3) is 0 Å². The van der Waals surface area contributed by atoms with Gasteiger partial charge in [0.1, 0.15) is 0 Å². The molecule has 0 aromatic carbocycles. The van der Waals surface area contributed by atoms with Crippen molar-refractivity contribution in [3.05, 3.63) is 0 Å². The molecule has 0 bridgehead atoms. The molecule has 4 heteroatoms. The Morgan fingerprint density at radius 1 is 0.750 bits per heavy atom. The first-order valence-electron chi connectivity index (χ1n) is 0. The number of rotatable bonds is 0. The van der Waals surface area contributed by atoms with Crippen molar-refractivity contribution in [2.75, 3.05) is 0 Å². The fourth-order valence-electron chi connectivity index (χ4n) is 0. The Morgan fingerprint density at radius 3 is 0.750 bits per heavy atom. The van der Waals surface area contributed by atoms with Gasteiger partial charge in [-0.2, -0.15) is 0 Å². The number of hydrogen-bond acceptors (Lipinski definition) is 0. The van der Waals surface area contributed by atoms with Crippen LogP contribution >= 0.6 is 0 Å². The van der Waals surface area contributed by atoms with Gasteiger partial charge < -0.3 is 27.9 Å². The Kier molecular flexibility index (Phi) is 346. The Labute approximate surface area is 57.3 Å². The second-order valence-electron chi connectivity index (χ2n) is 0. The van der Waals surface area contributed by atoms with Gasteiger partial charge in [0, 0.05) is 0 Å². The summed E-state index contributed by atoms with van der Waals surface area (Å²) in [5.74, 6) is 0. The van der Waals surface area contributed by atoms with Gasteiger partial charge in [-0.25, -0.2) is 0 Å². The van der Waals surface area contributed by atoms with Crippen LogP contribution < -0.4 is 46.5 Å². The van der Waals surface area contributed by atoms with Crippen LogP contribution in [0.25, 0.3) is 0 Å². The normalized spacial score (nSPS) is 0. The Balaban J connectivity index is 0. The van der Waals surface area contributed by atoms with E-state index in [2.05, 4.69) is 0 Å². The molecule has 0 saturated heterocycles. The fourth-order valence-corrected chi connectivity index (χ4v) is 0. The van der Waals surface area contributed by atoms with E-state index in [4.69, 9.17) is 0 Å². The molecule has 0 saturated carbocycles. The molecule has 0 aromatic heterocycles. The molecule has 0 spiro atoms. The summed E-state index contributed by atoms with van der Waals surface area (Å²) in [6, 6.07) is 0. The topological polar surface area (TPSA) is 63.0 Å². The summed E-state index contributed by atoms with van der Waals surface area (Å²) >= 11 is 0. The third-order valence-electron chi connectivity index (χ3n) is 0. The van der Waals surface area contributed by atoms with Gasteiger partial charge in [-0.15, -0.1) is 0 Å². The maximum Gasteiger partial charge on any atom is 1.00 e. The van der Waals surface area contributed by atoms with E-state index in [1.807, 2.05) is 0 Å². The van der Waals surface area contributed by atoms with Crippen LogP contribution in [0.4, 0.5) is 0 Å². The maximum absolute atomic E-state index is 0. The summed E-state index contributed by atoms with van der Waals surface area (Å²) in [7, 11) is 0. The molecule has 0 aliphatic rings. The molecule has 0 heterocycles. The zero-order valence-corrected chi connectivity index (χ0v) is 5.96. The molecule has 24 valence electrons. The summed E-state index contributed by atoms with van der Waals surface area (Å²) in [4.78, 5) is 0. The predicted octanol–water partition coefficient (Wildman–Crippen LogP) is -7.64. The fraction of sp³-hybridized carbons (Fsp3) is 0. The van der Waals surface area contributed by atoms with Gasteiger partial charge in [-0.1, -0.05) is 0 Å². The molecule has 0 aliphatic carbocycles. The number of halogens is 1. The first kappa shape index (κ1) is 53.3. The van der Waals surface area contributed by atoms with Crippen molar-refractivity contribution in [2.45, 2.75) is 0 Å². The van der Waals surface area contributed by atoms with Crippen LogP contribution in [0.3, 0.4) is 0 Å². The molecule has 0 aromatic rings. The third kappa shape index (κ3) is 9.99. The summed E-state index contributed by atoms with van der Waals surface area (Å²) in [6.07, 6.45) is 0. The van der Waals surface area contributed by atoms with Crippen LogP contribution in [0, 0.1) is 0 Å². The zero-order valence-electron chi connectivity index (χ0n) is 2.38. The van der Waals surface area contributed by atoms with Crippen molar-refractivity contribution in [3.63, 3.8) is 0 Å². The monoisotopic (exact) mass is 138 g/mol. The largest absolute Gasteiger partial charge is 1.00 e. The van der Waals surface area contributed by atoms with E-state index < -0.39 is 0 Å². The number of hydrogen-bond donors (Lipinski definition) is 0. The first-order chi connectivity index (χ1) is 0. The van der Waals surface area contributed by atoms with Gasteiger partial charge in [0.2, 0.25) is 0 Å². The van der Waals surface area contributed by atoms with Crippen molar-refractivity contribution in [3.8, 4) is 0 Å². The van der Waals surface area contributed by atoms with Gasteiger partial charge in [0.05, 0.1) is 0 Å². The molecule has 4 heavy (non-hydrogen) atoms. The van der Waals surface area contributed by atoms with Crippen molar-refractivity contribution in [2.24, 2.45) is 0 Å². The smallest absolute Gasteiger partial charge is 1.00 e. The molecular weight excluding hydrogens is 135 g/mol. The Morgan fingerprint density at radius 2 is 0.750 bits per heavy atom. The van der Waals surface area contributed by atoms with E-state index in [1.54, 1.807) is 0 Å². The third-order valence-corrected chi connectivity index (χ3v) is 0. The summed E-state index contributed by atoms with van der Waals surface area (Å²) in [5, 5.41) is 0. The van der Waals surface area contributed by atoms with Crippen LogP contribution in [0.5, 0.6) is 0 Å². The van der Waals surface area contributed by atoms with Gasteiger partial charge >= 0.3 is 29.6 Å². The molecule has 0 fully saturated rings. The zero-order chi connectivity index (χ0) is 0. The van der Waals surface area contributed by atoms with Crippen molar-refractivity contribution in [1.82, 2.24) is 0 Å². The summed E-state index contributed by atoms with van der Waals surface area (Å²) in [5.41, 5.74) is 0. The average Bonchev–Trinajstić information content (AvgIpc) is 0. The average molecular weight is 139 g/mol. The summed E-state index contributed by atoms with van der Waals surface area (Å²) in [6.45, 7) is 0.